The fourth-order valence-electron chi connectivity index (χ4n) is 1.90. The third kappa shape index (κ3) is 4.84. The van der Waals surface area contributed by atoms with E-state index in [0.717, 1.165) is 0 Å². The fraction of sp³-hybridized carbons (Fsp3) is 1.00. The molecule has 0 bridgehead atoms. The molecule has 0 spiro atoms. The number of nitrogens with zero attached hydrogens (tertiary/aromatic N) is 1. The molecule has 5 nitrogen and oxygen atoms in total. The van der Waals surface area contributed by atoms with Gasteiger partial charge in [0.15, 0.2) is 0 Å². The van der Waals surface area contributed by atoms with Gasteiger partial charge in [-0.25, -0.2) is 8.42 Å². The van der Waals surface area contributed by atoms with E-state index >= 15 is 0 Å². The van der Waals surface area contributed by atoms with E-state index in [1.165, 1.54) is 4.31 Å². The lowest BCUT2D eigenvalue weighted by molar-refractivity contribution is -0.0750. The Morgan fingerprint density at radius 1 is 1.33 bits per heavy atom. The van der Waals surface area contributed by atoms with Gasteiger partial charge in [0.2, 0.25) is 10.0 Å². The second kappa shape index (κ2) is 5.86. The minimum absolute atomic E-state index is 0.00134. The molecule has 0 saturated carbocycles. The van der Waals surface area contributed by atoms with Crippen LogP contribution in [0.4, 0.5) is 0 Å². The zero-order valence-electron chi connectivity index (χ0n) is 11.7. The van der Waals surface area contributed by atoms with E-state index in [9.17, 15) is 8.42 Å². The molecule has 2 atom stereocenters. The van der Waals surface area contributed by atoms with Gasteiger partial charge in [-0.05, 0) is 18.8 Å². The Bertz CT molecular complexity index is 361. The van der Waals surface area contributed by atoms with Gasteiger partial charge in [0.05, 0.1) is 24.6 Å². The van der Waals surface area contributed by atoms with Gasteiger partial charge in [0, 0.05) is 13.1 Å². The van der Waals surface area contributed by atoms with E-state index in [4.69, 9.17) is 9.84 Å². The summed E-state index contributed by atoms with van der Waals surface area (Å²) in [6.45, 7) is 8.41. The minimum atomic E-state index is -3.25. The van der Waals surface area contributed by atoms with Gasteiger partial charge in [-0.2, -0.15) is 4.31 Å². The highest BCUT2D eigenvalue weighted by Crippen LogP contribution is 2.22. The number of hydrogen-bond acceptors (Lipinski definition) is 4. The predicted molar refractivity (Wildman–Crippen MR) is 70.9 cm³/mol. The zero-order valence-corrected chi connectivity index (χ0v) is 12.5. The van der Waals surface area contributed by atoms with Crippen molar-refractivity contribution in [2.24, 2.45) is 5.41 Å². The highest BCUT2D eigenvalue weighted by Gasteiger charge is 2.32. The van der Waals surface area contributed by atoms with Crippen LogP contribution < -0.4 is 0 Å². The maximum absolute atomic E-state index is 12.2. The SMILES string of the molecule is CC1CN(S(=O)(=O)CCC(C)(C)C)CC(CO)O1. The largest absolute Gasteiger partial charge is 0.394 e. The molecule has 0 radical (unpaired) electrons. The Kier molecular flexibility index (Phi) is 5.17. The van der Waals surface area contributed by atoms with Gasteiger partial charge in [-0.15, -0.1) is 0 Å². The van der Waals surface area contributed by atoms with Crippen LogP contribution in [-0.2, 0) is 14.8 Å². The average Bonchev–Trinajstić information content (AvgIpc) is 2.25. The van der Waals surface area contributed by atoms with Gasteiger partial charge >= 0.3 is 0 Å². The lowest BCUT2D eigenvalue weighted by Gasteiger charge is -2.35. The standard InChI is InChI=1S/C12H25NO4S/c1-10-7-13(8-11(9-14)17-10)18(15,16)6-5-12(2,3)4/h10-11,14H,5-9H2,1-4H3. The van der Waals surface area contributed by atoms with Crippen molar-refractivity contribution in [2.45, 2.75) is 46.3 Å². The van der Waals surface area contributed by atoms with Crippen molar-refractivity contribution in [1.29, 1.82) is 0 Å². The molecule has 0 aromatic heterocycles. The van der Waals surface area contributed by atoms with Crippen molar-refractivity contribution < 1.29 is 18.3 Å². The second-order valence-electron chi connectivity index (χ2n) is 6.19. The van der Waals surface area contributed by atoms with Crippen LogP contribution in [0, 0.1) is 5.41 Å². The monoisotopic (exact) mass is 279 g/mol. The fourth-order valence-corrected chi connectivity index (χ4v) is 3.85. The first-order chi connectivity index (χ1) is 8.14. The zero-order chi connectivity index (χ0) is 14.0. The molecule has 2 unspecified atom stereocenters. The van der Waals surface area contributed by atoms with Crippen LogP contribution in [0.3, 0.4) is 0 Å². The first-order valence-electron chi connectivity index (χ1n) is 6.38. The molecular formula is C12H25NO4S. The van der Waals surface area contributed by atoms with Crippen LogP contribution in [0.2, 0.25) is 0 Å². The van der Waals surface area contributed by atoms with Crippen molar-refractivity contribution in [3.63, 3.8) is 0 Å². The van der Waals surface area contributed by atoms with Crippen LogP contribution in [0.15, 0.2) is 0 Å². The van der Waals surface area contributed by atoms with Crippen LogP contribution in [-0.4, -0.2) is 55.5 Å². The minimum Gasteiger partial charge on any atom is -0.394 e. The number of aliphatic hydroxyl groups excluding tert-OH is 1. The topological polar surface area (TPSA) is 66.8 Å². The molecule has 1 fully saturated rings. The van der Waals surface area contributed by atoms with E-state index in [2.05, 4.69) is 0 Å². The summed E-state index contributed by atoms with van der Waals surface area (Å²) in [4.78, 5) is 0. The number of sulfonamides is 1. The Morgan fingerprint density at radius 2 is 1.94 bits per heavy atom. The Balaban J connectivity index is 2.66. The smallest absolute Gasteiger partial charge is 0.214 e. The van der Waals surface area contributed by atoms with Crippen molar-refractivity contribution in [3.05, 3.63) is 0 Å². The van der Waals surface area contributed by atoms with Crippen LogP contribution in [0.5, 0.6) is 0 Å². The molecule has 0 aliphatic carbocycles. The Labute approximate surface area is 110 Å². The maximum Gasteiger partial charge on any atom is 0.214 e. The molecule has 0 amide bonds. The van der Waals surface area contributed by atoms with Gasteiger partial charge in [-0.1, -0.05) is 20.8 Å². The highest BCUT2D eigenvalue weighted by atomic mass is 32.2. The number of aliphatic hydroxyl groups is 1. The summed E-state index contributed by atoms with van der Waals surface area (Å²) in [6, 6.07) is 0. The van der Waals surface area contributed by atoms with Gasteiger partial charge in [0.1, 0.15) is 0 Å². The Hall–Kier alpha value is -0.170. The molecule has 18 heavy (non-hydrogen) atoms. The molecule has 1 heterocycles. The average molecular weight is 279 g/mol. The van der Waals surface area contributed by atoms with Gasteiger partial charge < -0.3 is 9.84 Å². The van der Waals surface area contributed by atoms with E-state index < -0.39 is 16.1 Å². The maximum atomic E-state index is 12.2. The molecule has 1 N–H and O–H groups in total. The normalized spacial score (nSPS) is 27.4. The number of morpholine rings is 1. The number of hydrogen-bond donors (Lipinski definition) is 1. The van der Waals surface area contributed by atoms with Crippen molar-refractivity contribution >= 4 is 10.0 Å². The van der Waals surface area contributed by atoms with Crippen LogP contribution in [0.25, 0.3) is 0 Å². The summed E-state index contributed by atoms with van der Waals surface area (Å²) in [5.74, 6) is 0.154. The summed E-state index contributed by atoms with van der Waals surface area (Å²) in [5, 5.41) is 9.10. The third-order valence-corrected chi connectivity index (χ3v) is 4.80. The quantitative estimate of drug-likeness (QED) is 0.828. The third-order valence-electron chi connectivity index (χ3n) is 3.00. The first kappa shape index (κ1) is 15.9. The van der Waals surface area contributed by atoms with E-state index in [1.807, 2.05) is 27.7 Å². The molecule has 6 heteroatoms. The molecule has 108 valence electrons. The van der Waals surface area contributed by atoms with E-state index in [1.54, 1.807) is 0 Å². The molecule has 1 rings (SSSR count). The van der Waals surface area contributed by atoms with Crippen molar-refractivity contribution in [1.82, 2.24) is 4.31 Å². The first-order valence-corrected chi connectivity index (χ1v) is 7.99. The van der Waals surface area contributed by atoms with Gasteiger partial charge in [0.25, 0.3) is 0 Å². The molecule has 1 aliphatic heterocycles. The summed E-state index contributed by atoms with van der Waals surface area (Å²) >= 11 is 0. The predicted octanol–water partition coefficient (Wildman–Crippen LogP) is 0.834. The molecule has 0 aromatic carbocycles. The highest BCUT2D eigenvalue weighted by molar-refractivity contribution is 7.89. The molecule has 1 aliphatic rings. The van der Waals surface area contributed by atoms with E-state index in [0.29, 0.717) is 13.0 Å². The van der Waals surface area contributed by atoms with E-state index in [-0.39, 0.29) is 30.4 Å². The van der Waals surface area contributed by atoms with Crippen LogP contribution >= 0.6 is 0 Å². The number of rotatable bonds is 4. The van der Waals surface area contributed by atoms with Crippen LogP contribution in [0.1, 0.15) is 34.1 Å². The molecule has 1 saturated heterocycles. The summed E-state index contributed by atoms with van der Waals surface area (Å²) < 4.78 is 31.4. The second-order valence-corrected chi connectivity index (χ2v) is 8.28. The summed E-state index contributed by atoms with van der Waals surface area (Å²) in [5.41, 5.74) is 0.00134. The Morgan fingerprint density at radius 3 is 2.44 bits per heavy atom. The summed E-state index contributed by atoms with van der Waals surface area (Å²) in [7, 11) is -3.25. The summed E-state index contributed by atoms with van der Waals surface area (Å²) in [6.07, 6.45) is 0.0590. The molecule has 0 aromatic rings. The van der Waals surface area contributed by atoms with Crippen molar-refractivity contribution in [2.75, 3.05) is 25.4 Å². The number of ether oxygens (including phenoxy) is 1. The van der Waals surface area contributed by atoms with Gasteiger partial charge in [-0.3, -0.25) is 0 Å². The lowest BCUT2D eigenvalue weighted by Crippen LogP contribution is -2.51. The van der Waals surface area contributed by atoms with Crippen molar-refractivity contribution in [3.8, 4) is 0 Å². The molecular weight excluding hydrogens is 254 g/mol. The lowest BCUT2D eigenvalue weighted by atomic mass is 9.94.